The van der Waals surface area contributed by atoms with E-state index in [1.54, 1.807) is 26.0 Å². The quantitative estimate of drug-likeness (QED) is 0.0322. The van der Waals surface area contributed by atoms with Gasteiger partial charge in [-0.1, -0.05) is 209 Å². The van der Waals surface area contributed by atoms with Crippen molar-refractivity contribution >= 4 is 60.8 Å². The Morgan fingerprint density at radius 3 is 1.44 bits per heavy atom. The first-order valence-electron chi connectivity index (χ1n) is 33.3. The first-order valence-corrected chi connectivity index (χ1v) is 37.4. The minimum atomic E-state index is -6.60. The molecule has 4 fully saturated rings. The van der Waals surface area contributed by atoms with Gasteiger partial charge in [0.1, 0.15) is 24.1 Å². The van der Waals surface area contributed by atoms with Gasteiger partial charge in [0, 0.05) is 18.3 Å². The van der Waals surface area contributed by atoms with Crippen LogP contribution >= 0.6 is 0 Å². The van der Waals surface area contributed by atoms with Gasteiger partial charge < -0.3 is 32.9 Å². The van der Waals surface area contributed by atoms with Crippen LogP contribution in [0.1, 0.15) is 210 Å². The second-order valence-corrected chi connectivity index (χ2v) is 32.6. The van der Waals surface area contributed by atoms with Crippen LogP contribution in [0.5, 0.6) is 5.75 Å². The van der Waals surface area contributed by atoms with Crippen molar-refractivity contribution in [2.45, 2.75) is 243 Å². The molecule has 2 bridgehead atoms. The Balaban J connectivity index is -0.00000131. The van der Waals surface area contributed by atoms with Crippen molar-refractivity contribution in [2.75, 3.05) is 13.2 Å². The molecule has 17 nitrogen and oxygen atoms in total. The molecule has 616 valence electrons. The van der Waals surface area contributed by atoms with Crippen molar-refractivity contribution in [2.24, 2.45) is 33.5 Å². The van der Waals surface area contributed by atoms with Gasteiger partial charge in [-0.3, -0.25) is 19.2 Å². The highest BCUT2D eigenvalue weighted by Crippen LogP contribution is 2.62. The number of nitrogens with zero attached hydrogens (tertiary/aromatic N) is 2. The lowest BCUT2D eigenvalue weighted by Crippen LogP contribution is -2.64. The third kappa shape index (κ3) is 24.4. The van der Waals surface area contributed by atoms with E-state index in [1.807, 2.05) is 97.9 Å². The Morgan fingerprint density at radius 1 is 0.591 bits per heavy atom. The van der Waals surface area contributed by atoms with Gasteiger partial charge >= 0.3 is 46.3 Å². The number of rotatable bonds is 20. The number of ether oxygens (including phenoxy) is 5. The van der Waals surface area contributed by atoms with Crippen LogP contribution in [0.25, 0.3) is 15.3 Å². The molecule has 7 unspecified atom stereocenters. The molecule has 1 N–H and O–H groups in total. The molecule has 2 aliphatic heterocycles. The Labute approximate surface area is 655 Å². The average Bonchev–Trinajstić information content (AvgIpc) is 0.939. The van der Waals surface area contributed by atoms with E-state index in [2.05, 4.69) is 129 Å². The summed E-state index contributed by atoms with van der Waals surface area (Å²) in [5.41, 5.74) is 3.28. The normalized spacial score (nSPS) is 19.6. The minimum absolute atomic E-state index is 0. The molecular formula is C84H120F6N2O15S3. The fraction of sp³-hybridized carbons (Fsp3) is 0.500. The number of phenols is 1. The predicted octanol–water partition coefficient (Wildman–Crippen LogP) is 21.9. The summed E-state index contributed by atoms with van der Waals surface area (Å²) < 4.78 is 144. The van der Waals surface area contributed by atoms with E-state index in [-0.39, 0.29) is 100 Å². The zero-order valence-electron chi connectivity index (χ0n) is 59.0. The number of fused-ring (bicyclic) bond motifs is 1. The fourth-order valence-electron chi connectivity index (χ4n) is 10.7. The van der Waals surface area contributed by atoms with Crippen molar-refractivity contribution in [3.8, 4) is 22.9 Å². The molecule has 26 heteroatoms. The number of hydrogen-bond acceptors (Lipinski definition) is 16. The van der Waals surface area contributed by atoms with Crippen LogP contribution < -0.4 is 0 Å². The lowest BCUT2D eigenvalue weighted by molar-refractivity contribution is -0.244. The van der Waals surface area contributed by atoms with Gasteiger partial charge in [0.15, 0.2) is 46.8 Å². The van der Waals surface area contributed by atoms with E-state index in [4.69, 9.17) is 28.8 Å². The van der Waals surface area contributed by atoms with Crippen LogP contribution in [0.3, 0.4) is 0 Å². The highest BCUT2D eigenvalue weighted by molar-refractivity contribution is 8.13. The van der Waals surface area contributed by atoms with E-state index in [0.717, 1.165) is 40.9 Å². The molecule has 0 radical (unpaired) electrons. The van der Waals surface area contributed by atoms with Crippen LogP contribution in [0, 0.1) is 44.8 Å². The number of alkyl halides is 6. The van der Waals surface area contributed by atoms with Gasteiger partial charge in [0.05, 0.1) is 39.8 Å². The molecule has 110 heavy (non-hydrogen) atoms. The van der Waals surface area contributed by atoms with Crippen LogP contribution in [0.15, 0.2) is 178 Å². The molecule has 10 rings (SSSR count). The molecule has 0 aromatic heterocycles. The van der Waals surface area contributed by atoms with Crippen molar-refractivity contribution in [3.63, 3.8) is 0 Å². The van der Waals surface area contributed by atoms with E-state index < -0.39 is 94.9 Å². The largest absolute Gasteiger partial charge is 0.508 e. The van der Waals surface area contributed by atoms with Crippen LogP contribution in [0.4, 0.5) is 26.3 Å². The van der Waals surface area contributed by atoms with Crippen LogP contribution in [-0.2, 0) is 85.0 Å². The molecule has 0 amide bonds. The number of nitriles is 1. The molecule has 2 heterocycles. The molecule has 6 aromatic carbocycles. The summed E-state index contributed by atoms with van der Waals surface area (Å²) in [4.78, 5) is 64.0. The van der Waals surface area contributed by atoms with E-state index in [0.29, 0.717) is 37.5 Å². The number of sulfonamides is 2. The number of esters is 5. The summed E-state index contributed by atoms with van der Waals surface area (Å²) >= 11 is 0. The smallest absolute Gasteiger partial charge is 0.399 e. The first kappa shape index (κ1) is 106. The zero-order valence-corrected chi connectivity index (χ0v) is 61.4. The Hall–Kier alpha value is -8.25. The first-order chi connectivity index (χ1) is 47.6. The Morgan fingerprint density at radius 2 is 1.00 bits per heavy atom. The molecular weight excluding hydrogens is 1490 g/mol. The van der Waals surface area contributed by atoms with Crippen molar-refractivity contribution in [1.82, 2.24) is 0 Å². The van der Waals surface area contributed by atoms with Gasteiger partial charge in [0.2, 0.25) is 0 Å². The van der Waals surface area contributed by atoms with Crippen LogP contribution in [0.2, 0.25) is 0 Å². The van der Waals surface area contributed by atoms with Gasteiger partial charge in [-0.15, -0.1) is 0 Å². The maximum Gasteiger partial charge on any atom is 0.399 e. The molecule has 2 saturated carbocycles. The molecule has 2 aliphatic carbocycles. The fourth-order valence-corrected chi connectivity index (χ4v) is 15.6. The summed E-state index contributed by atoms with van der Waals surface area (Å²) in [6.07, 6.45) is 3.70. The third-order valence-corrected chi connectivity index (χ3v) is 24.4. The Kier molecular flexibility index (Phi) is 41.9. The number of aromatic hydroxyl groups is 1. The predicted molar refractivity (Wildman–Crippen MR) is 426 cm³/mol. The minimum Gasteiger partial charge on any atom is -0.508 e. The molecule has 0 spiro atoms. The van der Waals surface area contributed by atoms with Gasteiger partial charge in [-0.25, -0.2) is 21.6 Å². The van der Waals surface area contributed by atoms with Crippen molar-refractivity contribution in [3.05, 3.63) is 185 Å². The van der Waals surface area contributed by atoms with Gasteiger partial charge in [-0.05, 0) is 169 Å². The number of hydrogen-bond donors (Lipinski definition) is 1. The highest BCUT2D eigenvalue weighted by atomic mass is 32.3. The molecule has 4 aliphatic rings. The summed E-state index contributed by atoms with van der Waals surface area (Å²) in [7, 11) is -13.3. The highest BCUT2D eigenvalue weighted by Gasteiger charge is 2.82. The third-order valence-electron chi connectivity index (χ3n) is 18.8. The number of benzene rings is 6. The van der Waals surface area contributed by atoms with E-state index in [1.165, 1.54) is 31.4 Å². The van der Waals surface area contributed by atoms with Gasteiger partial charge in [0.25, 0.3) is 0 Å². The standard InChI is InChI=1S/C26H29O2S.C20H24O2.C17H21NO6.C10H14O.C3F6NO4S2.8CH4/c1-4-26(2,3)25(27)28-20-19-21-15-17-24(18-16-21)29(22-11-7-5-8-12-22)23-13-9-6-10-14-23;1-5-20(3,4)19(21)22-15(2)16-11-13-18(14-12-16)17-9-7-6-8-10-17;1-4-16(2,3)14(20)22-7-11(19)23-12-9-5-10-13(12)24-15(21)17(10,6-9)8-18;1-3-8(2)9-4-6-10(11)7-5-9;4-1(5)2(6,7)15(11,12)10-16(13,14)3(1,8)9;;;;;;;;/h5-18H,4,19-20H2,1-3H3;6-15H,5H2,1-4H3;9-10,12-13H,4-7H2,1-3H3;4-8,11H,3H2,1-2H3;;8*1H4/q+1;;;;-1;;;;;;;;. The second kappa shape index (κ2) is 43.5. The summed E-state index contributed by atoms with van der Waals surface area (Å²) in [6, 6.07) is 57.9. The number of phenolic OH excluding ortho intramolecular Hbond substituents is 1. The van der Waals surface area contributed by atoms with Crippen molar-refractivity contribution in [1.29, 1.82) is 5.26 Å². The monoisotopic (exact) mass is 1610 g/mol. The zero-order chi connectivity index (χ0) is 76.0. The van der Waals surface area contributed by atoms with E-state index in [9.17, 15) is 72.4 Å². The number of carbonyl (C=O) groups is 5. The molecule has 2 saturated heterocycles. The number of halogens is 6. The topological polar surface area (TPSA) is 258 Å². The molecule has 7 atom stereocenters. The van der Waals surface area contributed by atoms with Gasteiger partial charge in [-0.2, -0.15) is 31.6 Å². The second-order valence-electron chi connectivity index (χ2n) is 27.0. The Bertz CT molecular complexity index is 4030. The molecule has 6 aromatic rings. The lowest BCUT2D eigenvalue weighted by Gasteiger charge is -2.42. The van der Waals surface area contributed by atoms with Crippen molar-refractivity contribution < 1.29 is 95.9 Å². The summed E-state index contributed by atoms with van der Waals surface area (Å²) in [6.45, 7) is 23.3. The summed E-state index contributed by atoms with van der Waals surface area (Å²) in [5.74, 6) is -7.80. The maximum atomic E-state index is 12.4. The maximum absolute atomic E-state index is 12.4. The van der Waals surface area contributed by atoms with Crippen LogP contribution in [-0.4, -0.2) is 93.6 Å². The average molecular weight is 1610 g/mol. The SMILES string of the molecule is C.C.C.C.C.C.C.C.CCC(C)(C)C(=O)OC(C)c1ccc(-c2ccccc2)cc1.CCC(C)(C)C(=O)OCC(=O)OC1C2CC3C1OC(=O)C3(C#N)C2.CCC(C)(C)C(=O)OCCc1ccc([S+](c2ccccc2)c2ccccc2)cc1.CCC(C)c1ccc(O)cc1.O=S1(=O)[N-]S(=O)(=O)C(F)(F)C(F)(F)C1(F)F. The number of carbonyl (C=O) groups excluding carboxylic acids is 5. The van der Waals surface area contributed by atoms with E-state index >= 15 is 0 Å². The lowest BCUT2D eigenvalue weighted by atomic mass is 9.75. The summed E-state index contributed by atoms with van der Waals surface area (Å²) in [5, 5.41) is 5.75.